The van der Waals surface area contributed by atoms with E-state index in [9.17, 15) is 14.0 Å². The molecule has 1 heterocycles. The SMILES string of the molecule is COc1cccc(-n2c(SC(C)C(=O)N(C)Cc3cccc(F)c3)nc3ccccc3c2=O)c1. The summed E-state index contributed by atoms with van der Waals surface area (Å²) < 4.78 is 20.4. The number of ether oxygens (including phenoxy) is 1. The fourth-order valence-corrected chi connectivity index (χ4v) is 4.72. The largest absolute Gasteiger partial charge is 0.497 e. The van der Waals surface area contributed by atoms with Crippen LogP contribution in [-0.2, 0) is 11.3 Å². The highest BCUT2D eigenvalue weighted by Gasteiger charge is 2.23. The minimum Gasteiger partial charge on any atom is -0.497 e. The van der Waals surface area contributed by atoms with E-state index in [1.807, 2.05) is 6.07 Å². The Kier molecular flexibility index (Phi) is 6.98. The van der Waals surface area contributed by atoms with Crippen LogP contribution in [0.3, 0.4) is 0 Å². The number of amides is 1. The number of rotatable bonds is 7. The zero-order valence-corrected chi connectivity index (χ0v) is 19.9. The molecule has 0 aliphatic heterocycles. The van der Waals surface area contributed by atoms with E-state index in [-0.39, 0.29) is 23.8 Å². The first kappa shape index (κ1) is 23.5. The van der Waals surface area contributed by atoms with Gasteiger partial charge in [0.2, 0.25) is 5.91 Å². The normalized spacial score (nSPS) is 11.9. The molecule has 1 unspecified atom stereocenters. The second-order valence-corrected chi connectivity index (χ2v) is 9.15. The first-order valence-electron chi connectivity index (χ1n) is 10.7. The lowest BCUT2D eigenvalue weighted by molar-refractivity contribution is -0.129. The van der Waals surface area contributed by atoms with Crippen molar-refractivity contribution in [1.82, 2.24) is 14.5 Å². The van der Waals surface area contributed by atoms with Crippen LogP contribution in [0.1, 0.15) is 12.5 Å². The number of nitrogens with zero attached hydrogens (tertiary/aromatic N) is 3. The van der Waals surface area contributed by atoms with Crippen molar-refractivity contribution in [3.63, 3.8) is 0 Å². The van der Waals surface area contributed by atoms with Crippen molar-refractivity contribution >= 4 is 28.6 Å². The summed E-state index contributed by atoms with van der Waals surface area (Å²) in [6.45, 7) is 2.04. The molecular formula is C26H24FN3O3S. The van der Waals surface area contributed by atoms with Crippen molar-refractivity contribution in [2.75, 3.05) is 14.2 Å². The lowest BCUT2D eigenvalue weighted by atomic mass is 10.2. The highest BCUT2D eigenvalue weighted by atomic mass is 32.2. The number of thioether (sulfide) groups is 1. The predicted octanol–water partition coefficient (Wildman–Crippen LogP) is 4.67. The van der Waals surface area contributed by atoms with Crippen LogP contribution in [0, 0.1) is 5.82 Å². The van der Waals surface area contributed by atoms with Gasteiger partial charge in [0.15, 0.2) is 5.16 Å². The van der Waals surface area contributed by atoms with Crippen LogP contribution in [0.4, 0.5) is 4.39 Å². The number of para-hydroxylation sites is 1. The van der Waals surface area contributed by atoms with Gasteiger partial charge in [0.25, 0.3) is 5.56 Å². The Balaban J connectivity index is 1.68. The standard InChI is InChI=1S/C26H24FN3O3S/c1-17(24(31)29(2)16-18-8-6-9-19(27)14-18)34-26-28-23-13-5-4-12-22(23)25(32)30(26)20-10-7-11-21(15-20)33-3/h4-15,17H,16H2,1-3H3. The van der Waals surface area contributed by atoms with Crippen LogP contribution in [0.15, 0.2) is 82.7 Å². The third-order valence-corrected chi connectivity index (χ3v) is 6.41. The average molecular weight is 478 g/mol. The van der Waals surface area contributed by atoms with Crippen LogP contribution in [0.2, 0.25) is 0 Å². The maximum Gasteiger partial charge on any atom is 0.266 e. The zero-order valence-electron chi connectivity index (χ0n) is 19.1. The second kappa shape index (κ2) is 10.1. The molecule has 34 heavy (non-hydrogen) atoms. The number of fused-ring (bicyclic) bond motifs is 1. The molecule has 6 nitrogen and oxygen atoms in total. The summed E-state index contributed by atoms with van der Waals surface area (Å²) in [5.41, 5.74) is 1.62. The molecule has 0 saturated heterocycles. The highest BCUT2D eigenvalue weighted by Crippen LogP contribution is 2.27. The maximum atomic E-state index is 13.5. The van der Waals surface area contributed by atoms with Gasteiger partial charge in [0.1, 0.15) is 11.6 Å². The molecule has 0 fully saturated rings. The molecule has 0 spiro atoms. The first-order valence-corrected chi connectivity index (χ1v) is 11.6. The zero-order chi connectivity index (χ0) is 24.2. The van der Waals surface area contributed by atoms with Crippen LogP contribution in [0.5, 0.6) is 5.75 Å². The van der Waals surface area contributed by atoms with Gasteiger partial charge in [-0.2, -0.15) is 0 Å². The van der Waals surface area contributed by atoms with Crippen molar-refractivity contribution < 1.29 is 13.9 Å². The van der Waals surface area contributed by atoms with Crippen LogP contribution in [-0.4, -0.2) is 39.8 Å². The molecule has 4 aromatic rings. The Morgan fingerprint density at radius 1 is 1.12 bits per heavy atom. The number of carbonyl (C=O) groups is 1. The minimum absolute atomic E-state index is 0.158. The van der Waals surface area contributed by atoms with E-state index in [0.29, 0.717) is 33.1 Å². The van der Waals surface area contributed by atoms with Gasteiger partial charge < -0.3 is 9.64 Å². The molecule has 3 aromatic carbocycles. The highest BCUT2D eigenvalue weighted by molar-refractivity contribution is 8.00. The lowest BCUT2D eigenvalue weighted by Crippen LogP contribution is -2.33. The molecule has 0 N–H and O–H groups in total. The van der Waals surface area contributed by atoms with E-state index in [0.717, 1.165) is 0 Å². The van der Waals surface area contributed by atoms with Crippen LogP contribution in [0.25, 0.3) is 16.6 Å². The topological polar surface area (TPSA) is 64.4 Å². The van der Waals surface area contributed by atoms with Gasteiger partial charge in [-0.15, -0.1) is 0 Å². The third kappa shape index (κ3) is 4.97. The molecule has 0 radical (unpaired) electrons. The molecule has 1 amide bonds. The van der Waals surface area contributed by atoms with E-state index >= 15 is 0 Å². The summed E-state index contributed by atoms with van der Waals surface area (Å²) in [6.07, 6.45) is 0. The number of aromatic nitrogens is 2. The summed E-state index contributed by atoms with van der Waals surface area (Å²) in [6, 6.07) is 20.4. The Hall–Kier alpha value is -3.65. The van der Waals surface area contributed by atoms with Gasteiger partial charge in [-0.25, -0.2) is 9.37 Å². The number of carbonyl (C=O) groups excluding carboxylic acids is 1. The molecular weight excluding hydrogens is 453 g/mol. The van der Waals surface area contributed by atoms with Gasteiger partial charge in [0.05, 0.1) is 29.0 Å². The quantitative estimate of drug-likeness (QED) is 0.286. The number of hydrogen-bond acceptors (Lipinski definition) is 5. The van der Waals surface area contributed by atoms with Crippen molar-refractivity contribution in [1.29, 1.82) is 0 Å². The molecule has 0 aliphatic carbocycles. The van der Waals surface area contributed by atoms with E-state index in [2.05, 4.69) is 0 Å². The molecule has 1 atom stereocenters. The lowest BCUT2D eigenvalue weighted by Gasteiger charge is -2.22. The summed E-state index contributed by atoms with van der Waals surface area (Å²) in [7, 11) is 3.23. The summed E-state index contributed by atoms with van der Waals surface area (Å²) in [5, 5.41) is 0.345. The second-order valence-electron chi connectivity index (χ2n) is 7.84. The van der Waals surface area contributed by atoms with E-state index < -0.39 is 5.25 Å². The van der Waals surface area contributed by atoms with Gasteiger partial charge in [-0.05, 0) is 48.9 Å². The smallest absolute Gasteiger partial charge is 0.266 e. The number of methoxy groups -OCH3 is 1. The van der Waals surface area contributed by atoms with Crippen LogP contribution < -0.4 is 10.3 Å². The Labute approximate surface area is 201 Å². The van der Waals surface area contributed by atoms with Crippen molar-refractivity contribution in [2.45, 2.75) is 23.9 Å². The number of hydrogen-bond donors (Lipinski definition) is 0. The molecule has 0 saturated carbocycles. The Morgan fingerprint density at radius 3 is 2.65 bits per heavy atom. The molecule has 174 valence electrons. The Bertz CT molecular complexity index is 1410. The molecule has 0 bridgehead atoms. The number of benzene rings is 3. The average Bonchev–Trinajstić information content (AvgIpc) is 2.83. The predicted molar refractivity (Wildman–Crippen MR) is 132 cm³/mol. The van der Waals surface area contributed by atoms with E-state index in [1.165, 1.54) is 28.5 Å². The minimum atomic E-state index is -0.538. The third-order valence-electron chi connectivity index (χ3n) is 5.37. The summed E-state index contributed by atoms with van der Waals surface area (Å²) in [5.74, 6) is 0.102. The molecule has 0 aliphatic rings. The first-order chi connectivity index (χ1) is 16.4. The Morgan fingerprint density at radius 2 is 1.88 bits per heavy atom. The van der Waals surface area contributed by atoms with Gasteiger partial charge in [0, 0.05) is 19.7 Å². The van der Waals surface area contributed by atoms with Gasteiger partial charge >= 0.3 is 0 Å². The fraction of sp³-hybridized carbons (Fsp3) is 0.192. The molecule has 4 rings (SSSR count). The van der Waals surface area contributed by atoms with Gasteiger partial charge in [-0.1, -0.05) is 42.1 Å². The van der Waals surface area contributed by atoms with Crippen molar-refractivity contribution in [3.8, 4) is 11.4 Å². The van der Waals surface area contributed by atoms with Gasteiger partial charge in [-0.3, -0.25) is 14.2 Å². The van der Waals surface area contributed by atoms with E-state index in [1.54, 1.807) is 80.6 Å². The molecule has 8 heteroatoms. The van der Waals surface area contributed by atoms with Crippen molar-refractivity contribution in [2.24, 2.45) is 0 Å². The van der Waals surface area contributed by atoms with Crippen molar-refractivity contribution in [3.05, 3.63) is 94.5 Å². The monoisotopic (exact) mass is 477 g/mol. The maximum absolute atomic E-state index is 13.5. The summed E-state index contributed by atoms with van der Waals surface area (Å²) >= 11 is 1.20. The number of halogens is 1. The van der Waals surface area contributed by atoms with E-state index in [4.69, 9.17) is 9.72 Å². The summed E-state index contributed by atoms with van der Waals surface area (Å²) in [4.78, 5) is 32.8. The molecule has 1 aromatic heterocycles. The van der Waals surface area contributed by atoms with Crippen LogP contribution >= 0.6 is 11.8 Å². The fourth-order valence-electron chi connectivity index (χ4n) is 3.67.